The first-order valence-electron chi connectivity index (χ1n) is 11.7. The van der Waals surface area contributed by atoms with Gasteiger partial charge in [-0.15, -0.1) is 10.2 Å². The van der Waals surface area contributed by atoms with Crippen LogP contribution in [0.2, 0.25) is 0 Å². The summed E-state index contributed by atoms with van der Waals surface area (Å²) in [5, 5.41) is 9.62. The molecule has 1 saturated heterocycles. The van der Waals surface area contributed by atoms with E-state index in [9.17, 15) is 4.79 Å². The van der Waals surface area contributed by atoms with E-state index >= 15 is 0 Å². The molecule has 0 bridgehead atoms. The van der Waals surface area contributed by atoms with Crippen molar-refractivity contribution in [3.63, 3.8) is 0 Å². The first-order chi connectivity index (χ1) is 17.2. The third-order valence-corrected chi connectivity index (χ3v) is 7.09. The summed E-state index contributed by atoms with van der Waals surface area (Å²) in [7, 11) is 1.65. The van der Waals surface area contributed by atoms with Crippen LogP contribution in [0.15, 0.2) is 84.0 Å². The zero-order valence-corrected chi connectivity index (χ0v) is 20.4. The van der Waals surface area contributed by atoms with Gasteiger partial charge in [0.05, 0.1) is 25.5 Å². The maximum atomic E-state index is 13.0. The minimum Gasteiger partial charge on any atom is -0.497 e. The molecule has 0 aliphatic carbocycles. The van der Waals surface area contributed by atoms with Crippen molar-refractivity contribution >= 4 is 17.5 Å². The number of nitrogens with zero attached hydrogens (tertiary/aromatic N) is 3. The first-order valence-corrected chi connectivity index (χ1v) is 12.7. The number of hydrogen-bond donors (Lipinski definition) is 0. The largest absolute Gasteiger partial charge is 0.497 e. The summed E-state index contributed by atoms with van der Waals surface area (Å²) in [4.78, 5) is 13.0. The first kappa shape index (κ1) is 23.3. The third-order valence-electron chi connectivity index (χ3n) is 6.12. The number of aromatic nitrogens is 3. The quantitative estimate of drug-likeness (QED) is 0.221. The lowest BCUT2D eigenvalue weighted by atomic mass is 10.0. The number of ether oxygens (including phenoxy) is 2. The number of rotatable bonds is 9. The molecule has 4 aromatic rings. The van der Waals surface area contributed by atoms with Gasteiger partial charge in [-0.25, -0.2) is 0 Å². The summed E-state index contributed by atoms with van der Waals surface area (Å²) < 4.78 is 13.2. The molecule has 1 atom stereocenters. The van der Waals surface area contributed by atoms with Gasteiger partial charge >= 0.3 is 0 Å². The molecule has 0 amide bonds. The Bertz CT molecular complexity index is 1270. The number of ketones is 1. The molecule has 1 aromatic heterocycles. The van der Waals surface area contributed by atoms with E-state index in [4.69, 9.17) is 9.47 Å². The molecule has 0 radical (unpaired) electrons. The van der Waals surface area contributed by atoms with E-state index in [0.717, 1.165) is 52.9 Å². The van der Waals surface area contributed by atoms with Crippen LogP contribution in [0.5, 0.6) is 5.75 Å². The second-order valence-corrected chi connectivity index (χ2v) is 9.38. The van der Waals surface area contributed by atoms with E-state index in [1.165, 1.54) is 11.8 Å². The van der Waals surface area contributed by atoms with E-state index < -0.39 is 0 Å². The van der Waals surface area contributed by atoms with Crippen LogP contribution in [-0.4, -0.2) is 46.1 Å². The van der Waals surface area contributed by atoms with Gasteiger partial charge < -0.3 is 9.47 Å². The zero-order chi connectivity index (χ0) is 24.0. The molecule has 1 aliphatic heterocycles. The molecule has 0 unspecified atom stereocenters. The molecule has 6 nitrogen and oxygen atoms in total. The lowest BCUT2D eigenvalue weighted by Crippen LogP contribution is -2.17. The average Bonchev–Trinajstić information content (AvgIpc) is 3.58. The lowest BCUT2D eigenvalue weighted by Gasteiger charge is -2.15. The molecule has 0 saturated carbocycles. The Morgan fingerprint density at radius 1 is 0.971 bits per heavy atom. The van der Waals surface area contributed by atoms with Crippen molar-refractivity contribution in [2.24, 2.45) is 0 Å². The van der Waals surface area contributed by atoms with Crippen molar-refractivity contribution in [3.8, 4) is 28.3 Å². The molecule has 1 aliphatic rings. The predicted molar refractivity (Wildman–Crippen MR) is 138 cm³/mol. The summed E-state index contributed by atoms with van der Waals surface area (Å²) in [6.07, 6.45) is 2.20. The highest BCUT2D eigenvalue weighted by Crippen LogP contribution is 2.28. The standard InChI is InChI=1S/C28H27N3O3S/c1-33-24-15-13-23(14-16-24)27-29-30-28(31(27)18-25-8-5-17-34-25)35-19-26(32)22-11-9-21(10-12-22)20-6-3-2-4-7-20/h2-4,6-7,9-16,25H,5,8,17-19H2,1H3/t25-/m1/s1. The van der Waals surface area contributed by atoms with Gasteiger partial charge in [0.25, 0.3) is 0 Å². The maximum absolute atomic E-state index is 13.0. The molecule has 178 valence electrons. The summed E-state index contributed by atoms with van der Waals surface area (Å²) in [5.74, 6) is 1.91. The van der Waals surface area contributed by atoms with Gasteiger partial charge in [-0.2, -0.15) is 0 Å². The van der Waals surface area contributed by atoms with E-state index in [1.807, 2.05) is 66.7 Å². The van der Waals surface area contributed by atoms with E-state index in [-0.39, 0.29) is 17.6 Å². The number of methoxy groups -OCH3 is 1. The van der Waals surface area contributed by atoms with Crippen LogP contribution in [0.25, 0.3) is 22.5 Å². The van der Waals surface area contributed by atoms with Crippen LogP contribution < -0.4 is 4.74 Å². The minimum absolute atomic E-state index is 0.0623. The molecule has 0 spiro atoms. The van der Waals surface area contributed by atoms with Gasteiger partial charge in [0.2, 0.25) is 0 Å². The average molecular weight is 486 g/mol. The van der Waals surface area contributed by atoms with Gasteiger partial charge in [0.15, 0.2) is 16.8 Å². The molecule has 1 fully saturated rings. The zero-order valence-electron chi connectivity index (χ0n) is 19.6. The van der Waals surface area contributed by atoms with Crippen molar-refractivity contribution in [1.29, 1.82) is 0 Å². The number of Topliss-reactive ketones (excluding diaryl/α,β-unsaturated/α-hetero) is 1. The minimum atomic E-state index is 0.0623. The number of thioether (sulfide) groups is 1. The highest BCUT2D eigenvalue weighted by molar-refractivity contribution is 7.99. The number of carbonyl (C=O) groups excluding carboxylic acids is 1. The van der Waals surface area contributed by atoms with Crippen LogP contribution in [0.3, 0.4) is 0 Å². The van der Waals surface area contributed by atoms with Crippen molar-refractivity contribution in [3.05, 3.63) is 84.4 Å². The van der Waals surface area contributed by atoms with E-state index in [2.05, 4.69) is 26.9 Å². The molecule has 2 heterocycles. The van der Waals surface area contributed by atoms with Crippen molar-refractivity contribution in [1.82, 2.24) is 14.8 Å². The smallest absolute Gasteiger partial charge is 0.192 e. The molecule has 7 heteroatoms. The van der Waals surface area contributed by atoms with Gasteiger partial charge in [0.1, 0.15) is 5.75 Å². The molecule has 35 heavy (non-hydrogen) atoms. The Hall–Kier alpha value is -3.42. The second-order valence-electron chi connectivity index (χ2n) is 8.44. The predicted octanol–water partition coefficient (Wildman–Crippen LogP) is 5.77. The molecule has 0 N–H and O–H groups in total. The van der Waals surface area contributed by atoms with Crippen LogP contribution in [0.1, 0.15) is 23.2 Å². The topological polar surface area (TPSA) is 66.2 Å². The highest BCUT2D eigenvalue weighted by atomic mass is 32.2. The SMILES string of the molecule is COc1ccc(-c2nnc(SCC(=O)c3ccc(-c4ccccc4)cc3)n2C[C@H]2CCCO2)cc1. The van der Waals surface area contributed by atoms with Gasteiger partial charge in [-0.3, -0.25) is 9.36 Å². The maximum Gasteiger partial charge on any atom is 0.192 e. The molecule has 5 rings (SSSR count). The Labute approximate surface area is 209 Å². The highest BCUT2D eigenvalue weighted by Gasteiger charge is 2.22. The van der Waals surface area contributed by atoms with Gasteiger partial charge in [-0.05, 0) is 48.2 Å². The molecule has 3 aromatic carbocycles. The monoisotopic (exact) mass is 485 g/mol. The number of carbonyl (C=O) groups is 1. The van der Waals surface area contributed by atoms with Crippen LogP contribution in [0.4, 0.5) is 0 Å². The fourth-order valence-electron chi connectivity index (χ4n) is 4.20. The van der Waals surface area contributed by atoms with E-state index in [1.54, 1.807) is 7.11 Å². The third kappa shape index (κ3) is 5.47. The molecular formula is C28H27N3O3S. The fourth-order valence-corrected chi connectivity index (χ4v) is 5.04. The van der Waals surface area contributed by atoms with Crippen molar-refractivity contribution < 1.29 is 14.3 Å². The van der Waals surface area contributed by atoms with Crippen molar-refractivity contribution in [2.45, 2.75) is 30.6 Å². The number of hydrogen-bond acceptors (Lipinski definition) is 6. The Morgan fingerprint density at radius 3 is 2.37 bits per heavy atom. The number of benzene rings is 3. The second kappa shape index (κ2) is 10.9. The van der Waals surface area contributed by atoms with Crippen molar-refractivity contribution in [2.75, 3.05) is 19.5 Å². The van der Waals surface area contributed by atoms with Gasteiger partial charge in [0, 0.05) is 17.7 Å². The summed E-state index contributed by atoms with van der Waals surface area (Å²) in [6.45, 7) is 1.45. The Balaban J connectivity index is 1.32. The Kier molecular flexibility index (Phi) is 7.25. The summed E-state index contributed by atoms with van der Waals surface area (Å²) >= 11 is 1.42. The summed E-state index contributed by atoms with van der Waals surface area (Å²) in [5.41, 5.74) is 3.87. The summed E-state index contributed by atoms with van der Waals surface area (Å²) in [6, 6.07) is 25.7. The van der Waals surface area contributed by atoms with Crippen LogP contribution in [0, 0.1) is 0 Å². The lowest BCUT2D eigenvalue weighted by molar-refractivity contribution is 0.0953. The van der Waals surface area contributed by atoms with Gasteiger partial charge in [-0.1, -0.05) is 66.4 Å². The fraction of sp³-hybridized carbons (Fsp3) is 0.250. The van der Waals surface area contributed by atoms with Crippen LogP contribution >= 0.6 is 11.8 Å². The van der Waals surface area contributed by atoms with E-state index in [0.29, 0.717) is 12.1 Å². The van der Waals surface area contributed by atoms with Crippen LogP contribution in [-0.2, 0) is 11.3 Å². The normalized spacial score (nSPS) is 15.3. The Morgan fingerprint density at radius 2 is 1.69 bits per heavy atom. The molecular weight excluding hydrogens is 458 g/mol.